The summed E-state index contributed by atoms with van der Waals surface area (Å²) in [5.41, 5.74) is 1.57. The number of anilines is 1. The first-order valence-corrected chi connectivity index (χ1v) is 10.0. The Morgan fingerprint density at radius 1 is 0.933 bits per heavy atom. The molecule has 0 spiro atoms. The largest absolute Gasteiger partial charge is 0.497 e. The molecule has 0 unspecified atom stereocenters. The monoisotopic (exact) mass is 467 g/mol. The van der Waals surface area contributed by atoms with Gasteiger partial charge in [0.25, 0.3) is 5.91 Å². The summed E-state index contributed by atoms with van der Waals surface area (Å²) in [4.78, 5) is 26.1. The molecule has 0 saturated carbocycles. The number of amides is 1. The van der Waals surface area contributed by atoms with Crippen molar-refractivity contribution in [2.45, 2.75) is 0 Å². The molecule has 1 aliphatic rings. The van der Waals surface area contributed by atoms with Crippen LogP contribution < -0.4 is 19.5 Å². The van der Waals surface area contributed by atoms with Gasteiger partial charge in [-0.25, -0.2) is 0 Å². The summed E-state index contributed by atoms with van der Waals surface area (Å²) >= 11 is 3.38. The molecule has 0 aromatic heterocycles. The van der Waals surface area contributed by atoms with Crippen molar-refractivity contribution in [3.8, 4) is 17.2 Å². The lowest BCUT2D eigenvalue weighted by atomic mass is 10.00. The number of carbonyl (C=O) groups excluding carboxylic acids is 2. The van der Waals surface area contributed by atoms with Crippen molar-refractivity contribution in [3.63, 3.8) is 0 Å². The molecule has 3 aromatic rings. The van der Waals surface area contributed by atoms with Gasteiger partial charge in [0.2, 0.25) is 0 Å². The molecule has 1 aliphatic heterocycles. The molecule has 0 radical (unpaired) electrons. The van der Waals surface area contributed by atoms with Gasteiger partial charge in [-0.15, -0.1) is 0 Å². The first kappa shape index (κ1) is 20.0. The lowest BCUT2D eigenvalue weighted by Crippen LogP contribution is -2.19. The number of carbonyl (C=O) groups is 2. The molecular formula is C23H18BrNO5. The SMILES string of the molecule is COc1ccc(C(=O)c2cc3c(cc2NC(=O)c2ccccc2Br)OCCO3)cc1. The molecule has 1 heterocycles. The minimum absolute atomic E-state index is 0.253. The molecule has 0 aliphatic carbocycles. The number of ketones is 1. The van der Waals surface area contributed by atoms with Crippen molar-refractivity contribution in [1.82, 2.24) is 0 Å². The zero-order valence-corrected chi connectivity index (χ0v) is 17.7. The molecule has 152 valence electrons. The maximum Gasteiger partial charge on any atom is 0.256 e. The molecule has 7 heteroatoms. The van der Waals surface area contributed by atoms with Crippen LogP contribution in [-0.2, 0) is 0 Å². The Morgan fingerprint density at radius 3 is 2.27 bits per heavy atom. The number of hydrogen-bond donors (Lipinski definition) is 1. The van der Waals surface area contributed by atoms with Crippen LogP contribution in [0.2, 0.25) is 0 Å². The van der Waals surface area contributed by atoms with Crippen LogP contribution in [-0.4, -0.2) is 32.0 Å². The van der Waals surface area contributed by atoms with Crippen molar-refractivity contribution < 1.29 is 23.8 Å². The lowest BCUT2D eigenvalue weighted by molar-refractivity contribution is 0.102. The van der Waals surface area contributed by atoms with E-state index in [4.69, 9.17) is 14.2 Å². The van der Waals surface area contributed by atoms with Crippen molar-refractivity contribution in [2.75, 3.05) is 25.6 Å². The average Bonchev–Trinajstić information content (AvgIpc) is 2.78. The van der Waals surface area contributed by atoms with Crippen LogP contribution >= 0.6 is 15.9 Å². The van der Waals surface area contributed by atoms with Gasteiger partial charge < -0.3 is 19.5 Å². The smallest absolute Gasteiger partial charge is 0.256 e. The van der Waals surface area contributed by atoms with Gasteiger partial charge in [0.05, 0.1) is 23.9 Å². The third-order valence-electron chi connectivity index (χ3n) is 4.65. The number of halogens is 1. The van der Waals surface area contributed by atoms with Gasteiger partial charge in [-0.05, 0) is 58.4 Å². The standard InChI is InChI=1S/C23H18BrNO5/c1-28-15-8-6-14(7-9-15)22(26)17-12-20-21(30-11-10-29-20)13-19(17)25-23(27)16-4-2-3-5-18(16)24/h2-9,12-13H,10-11H2,1H3,(H,25,27). The summed E-state index contributed by atoms with van der Waals surface area (Å²) in [5.74, 6) is 1.00. The first-order chi connectivity index (χ1) is 14.6. The molecule has 4 rings (SSSR count). The Bertz CT molecular complexity index is 1110. The molecule has 3 aromatic carbocycles. The zero-order valence-electron chi connectivity index (χ0n) is 16.1. The lowest BCUT2D eigenvalue weighted by Gasteiger charge is -2.21. The van der Waals surface area contributed by atoms with Gasteiger partial charge in [-0.1, -0.05) is 12.1 Å². The number of fused-ring (bicyclic) bond motifs is 1. The second-order valence-electron chi connectivity index (χ2n) is 6.53. The summed E-state index contributed by atoms with van der Waals surface area (Å²) < 4.78 is 17.1. The molecule has 1 N–H and O–H groups in total. The van der Waals surface area contributed by atoms with Crippen molar-refractivity contribution in [1.29, 1.82) is 0 Å². The normalized spacial score (nSPS) is 12.2. The Kier molecular flexibility index (Phi) is 5.72. The zero-order chi connectivity index (χ0) is 21.1. The minimum Gasteiger partial charge on any atom is -0.497 e. The van der Waals surface area contributed by atoms with E-state index >= 15 is 0 Å². The molecule has 6 nitrogen and oxygen atoms in total. The summed E-state index contributed by atoms with van der Waals surface area (Å²) in [6.45, 7) is 0.794. The fraction of sp³-hybridized carbons (Fsp3) is 0.130. The van der Waals surface area contributed by atoms with Crippen LogP contribution in [0.3, 0.4) is 0 Å². The number of nitrogens with one attached hydrogen (secondary N) is 1. The number of ether oxygens (including phenoxy) is 3. The van der Waals surface area contributed by atoms with Gasteiger partial charge in [0, 0.05) is 16.1 Å². The van der Waals surface area contributed by atoms with E-state index in [1.807, 2.05) is 6.07 Å². The number of benzene rings is 3. The van der Waals surface area contributed by atoms with Gasteiger partial charge in [-0.2, -0.15) is 0 Å². The second-order valence-corrected chi connectivity index (χ2v) is 7.39. The van der Waals surface area contributed by atoms with E-state index in [1.165, 1.54) is 0 Å². The minimum atomic E-state index is -0.345. The predicted molar refractivity (Wildman–Crippen MR) is 116 cm³/mol. The van der Waals surface area contributed by atoms with Gasteiger partial charge in [0.15, 0.2) is 17.3 Å². The third kappa shape index (κ3) is 4.02. The van der Waals surface area contributed by atoms with E-state index < -0.39 is 0 Å². The van der Waals surface area contributed by atoms with Crippen molar-refractivity contribution in [2.24, 2.45) is 0 Å². The van der Waals surface area contributed by atoms with Gasteiger partial charge in [-0.3, -0.25) is 9.59 Å². The number of methoxy groups -OCH3 is 1. The van der Waals surface area contributed by atoms with E-state index in [0.29, 0.717) is 57.3 Å². The fourth-order valence-electron chi connectivity index (χ4n) is 3.11. The highest BCUT2D eigenvalue weighted by molar-refractivity contribution is 9.10. The van der Waals surface area contributed by atoms with E-state index in [2.05, 4.69) is 21.2 Å². The third-order valence-corrected chi connectivity index (χ3v) is 5.34. The van der Waals surface area contributed by atoms with Gasteiger partial charge >= 0.3 is 0 Å². The number of hydrogen-bond acceptors (Lipinski definition) is 5. The maximum atomic E-state index is 13.2. The predicted octanol–water partition coefficient (Wildman–Crippen LogP) is 4.71. The van der Waals surface area contributed by atoms with Crippen LogP contribution in [0, 0.1) is 0 Å². The summed E-state index contributed by atoms with van der Waals surface area (Å²) in [5, 5.41) is 2.84. The van der Waals surface area contributed by atoms with E-state index in [-0.39, 0.29) is 11.7 Å². The van der Waals surface area contributed by atoms with Crippen LogP contribution in [0.5, 0.6) is 17.2 Å². The van der Waals surface area contributed by atoms with Crippen molar-refractivity contribution in [3.05, 3.63) is 81.8 Å². The van der Waals surface area contributed by atoms with Crippen molar-refractivity contribution >= 4 is 33.3 Å². The van der Waals surface area contributed by atoms with E-state index in [1.54, 1.807) is 61.7 Å². The quantitative estimate of drug-likeness (QED) is 0.549. The second kappa shape index (κ2) is 8.59. The van der Waals surface area contributed by atoms with Gasteiger partial charge in [0.1, 0.15) is 19.0 Å². The summed E-state index contributed by atoms with van der Waals surface area (Å²) in [6, 6.07) is 17.1. The van der Waals surface area contributed by atoms with Crippen LogP contribution in [0.1, 0.15) is 26.3 Å². The molecule has 0 fully saturated rings. The molecule has 1 amide bonds. The van der Waals surface area contributed by atoms with E-state index in [0.717, 1.165) is 0 Å². The average molecular weight is 468 g/mol. The highest BCUT2D eigenvalue weighted by atomic mass is 79.9. The summed E-state index contributed by atoms with van der Waals surface area (Å²) in [7, 11) is 1.56. The topological polar surface area (TPSA) is 73.9 Å². The highest BCUT2D eigenvalue weighted by Crippen LogP contribution is 2.37. The molecule has 30 heavy (non-hydrogen) atoms. The Labute approximate surface area is 181 Å². The summed E-state index contributed by atoms with van der Waals surface area (Å²) in [6.07, 6.45) is 0. The molecule has 0 atom stereocenters. The first-order valence-electron chi connectivity index (χ1n) is 9.25. The van der Waals surface area contributed by atoms with Crippen LogP contribution in [0.25, 0.3) is 0 Å². The Morgan fingerprint density at radius 2 is 1.60 bits per heavy atom. The highest BCUT2D eigenvalue weighted by Gasteiger charge is 2.23. The molecule has 0 saturated heterocycles. The Hall–Kier alpha value is -3.32. The van der Waals surface area contributed by atoms with E-state index in [9.17, 15) is 9.59 Å². The number of rotatable bonds is 5. The van der Waals surface area contributed by atoms with Crippen LogP contribution in [0.15, 0.2) is 65.1 Å². The Balaban J connectivity index is 1.73. The maximum absolute atomic E-state index is 13.2. The molecule has 0 bridgehead atoms. The van der Waals surface area contributed by atoms with Crippen LogP contribution in [0.4, 0.5) is 5.69 Å². The molecular weight excluding hydrogens is 450 g/mol. The fourth-order valence-corrected chi connectivity index (χ4v) is 3.58.